The number of hydrogen-bond donors (Lipinski definition) is 0. The third-order valence-electron chi connectivity index (χ3n) is 3.61. The molecule has 2 aromatic carbocycles. The highest BCUT2D eigenvalue weighted by atomic mass is 35.5. The molecule has 0 amide bonds. The number of aryl methyl sites for hydroxylation is 1. The Labute approximate surface area is 137 Å². The van der Waals surface area contributed by atoms with Crippen molar-refractivity contribution >= 4 is 34.8 Å². The summed E-state index contributed by atoms with van der Waals surface area (Å²) in [4.78, 5) is 23.8. The van der Waals surface area contributed by atoms with Crippen LogP contribution in [0.3, 0.4) is 0 Å². The molecule has 1 aliphatic carbocycles. The van der Waals surface area contributed by atoms with E-state index in [1.807, 2.05) is 6.07 Å². The maximum absolute atomic E-state index is 12.1. The zero-order chi connectivity index (χ0) is 15.7. The van der Waals surface area contributed by atoms with E-state index < -0.39 is 0 Å². The van der Waals surface area contributed by atoms with E-state index >= 15 is 0 Å². The first-order valence-corrected chi connectivity index (χ1v) is 7.57. The average molecular weight is 335 g/mol. The number of halogens is 2. The zero-order valence-electron chi connectivity index (χ0n) is 11.6. The number of hydrogen-bond acceptors (Lipinski definition) is 3. The van der Waals surface area contributed by atoms with Gasteiger partial charge in [-0.3, -0.25) is 9.59 Å². The molecule has 0 bridgehead atoms. The van der Waals surface area contributed by atoms with Gasteiger partial charge in [-0.25, -0.2) is 0 Å². The molecule has 0 aromatic heterocycles. The van der Waals surface area contributed by atoms with Crippen LogP contribution in [0.25, 0.3) is 0 Å². The summed E-state index contributed by atoms with van der Waals surface area (Å²) in [5, 5.41) is 0.729. The molecule has 0 saturated carbocycles. The van der Waals surface area contributed by atoms with E-state index in [1.54, 1.807) is 24.3 Å². The number of rotatable bonds is 4. The molecule has 112 valence electrons. The molecule has 2 aromatic rings. The maximum Gasteiger partial charge on any atom is 0.200 e. The van der Waals surface area contributed by atoms with Crippen molar-refractivity contribution in [2.75, 3.05) is 6.61 Å². The lowest BCUT2D eigenvalue weighted by atomic mass is 10.1. The second-order valence-electron chi connectivity index (χ2n) is 5.08. The lowest BCUT2D eigenvalue weighted by molar-refractivity contribution is 0.0921. The Bertz CT molecular complexity index is 768. The van der Waals surface area contributed by atoms with E-state index in [4.69, 9.17) is 27.9 Å². The Morgan fingerprint density at radius 1 is 1.05 bits per heavy atom. The quantitative estimate of drug-likeness (QED) is 0.779. The Morgan fingerprint density at radius 2 is 1.86 bits per heavy atom. The molecule has 0 heterocycles. The Kier molecular flexibility index (Phi) is 4.19. The number of carbonyl (C=O) groups is 2. The van der Waals surface area contributed by atoms with Crippen molar-refractivity contribution in [1.82, 2.24) is 0 Å². The van der Waals surface area contributed by atoms with Crippen LogP contribution in [0, 0.1) is 0 Å². The van der Waals surface area contributed by atoms with Crippen molar-refractivity contribution in [2.45, 2.75) is 12.8 Å². The molecule has 0 fully saturated rings. The second-order valence-corrected chi connectivity index (χ2v) is 5.90. The SMILES string of the molecule is O=C(COc1ccc2c(c1)C(=O)CC2)c1ccc(Cl)c(Cl)c1. The van der Waals surface area contributed by atoms with Crippen LogP contribution in [0.5, 0.6) is 5.75 Å². The van der Waals surface area contributed by atoms with Gasteiger partial charge in [0.15, 0.2) is 18.2 Å². The first-order chi connectivity index (χ1) is 10.5. The smallest absolute Gasteiger partial charge is 0.200 e. The molecule has 0 saturated heterocycles. The molecular weight excluding hydrogens is 323 g/mol. The van der Waals surface area contributed by atoms with Crippen LogP contribution in [0.4, 0.5) is 0 Å². The molecule has 3 rings (SSSR count). The van der Waals surface area contributed by atoms with Gasteiger partial charge in [-0.05, 0) is 42.3 Å². The third kappa shape index (κ3) is 3.01. The lowest BCUT2D eigenvalue weighted by Crippen LogP contribution is -2.11. The number of ether oxygens (including phenoxy) is 1. The van der Waals surface area contributed by atoms with E-state index in [0.29, 0.717) is 33.3 Å². The Morgan fingerprint density at radius 3 is 2.64 bits per heavy atom. The molecule has 3 nitrogen and oxygen atoms in total. The molecule has 0 spiro atoms. The summed E-state index contributed by atoms with van der Waals surface area (Å²) in [6.07, 6.45) is 1.32. The van der Waals surface area contributed by atoms with Crippen LogP contribution in [-0.2, 0) is 6.42 Å². The second kappa shape index (κ2) is 6.11. The van der Waals surface area contributed by atoms with Gasteiger partial charge in [0, 0.05) is 17.5 Å². The van der Waals surface area contributed by atoms with Crippen LogP contribution >= 0.6 is 23.2 Å². The van der Waals surface area contributed by atoms with E-state index in [2.05, 4.69) is 0 Å². The Balaban J connectivity index is 1.70. The van der Waals surface area contributed by atoms with E-state index in [-0.39, 0.29) is 18.2 Å². The first-order valence-electron chi connectivity index (χ1n) is 6.82. The average Bonchev–Trinajstić information content (AvgIpc) is 2.88. The van der Waals surface area contributed by atoms with Gasteiger partial charge in [0.1, 0.15) is 5.75 Å². The predicted molar refractivity (Wildman–Crippen MR) is 85.4 cm³/mol. The molecule has 0 aliphatic heterocycles. The van der Waals surface area contributed by atoms with Gasteiger partial charge in [-0.2, -0.15) is 0 Å². The molecule has 5 heteroatoms. The molecule has 22 heavy (non-hydrogen) atoms. The highest BCUT2D eigenvalue weighted by Crippen LogP contribution is 2.26. The molecular formula is C17H12Cl2O3. The van der Waals surface area contributed by atoms with Gasteiger partial charge in [-0.15, -0.1) is 0 Å². The minimum atomic E-state index is -0.203. The van der Waals surface area contributed by atoms with Crippen molar-refractivity contribution in [3.05, 3.63) is 63.1 Å². The third-order valence-corrected chi connectivity index (χ3v) is 4.35. The van der Waals surface area contributed by atoms with Crippen LogP contribution in [0.15, 0.2) is 36.4 Å². The molecule has 0 N–H and O–H groups in total. The molecule has 0 radical (unpaired) electrons. The highest BCUT2D eigenvalue weighted by Gasteiger charge is 2.20. The first kappa shape index (κ1) is 15.1. The van der Waals surface area contributed by atoms with Gasteiger partial charge < -0.3 is 4.74 Å². The zero-order valence-corrected chi connectivity index (χ0v) is 13.1. The van der Waals surface area contributed by atoms with Crippen LogP contribution in [0.2, 0.25) is 10.0 Å². The maximum atomic E-state index is 12.1. The minimum Gasteiger partial charge on any atom is -0.485 e. The van der Waals surface area contributed by atoms with Crippen molar-refractivity contribution in [3.63, 3.8) is 0 Å². The minimum absolute atomic E-state index is 0.120. The topological polar surface area (TPSA) is 43.4 Å². The van der Waals surface area contributed by atoms with Crippen LogP contribution < -0.4 is 4.74 Å². The largest absolute Gasteiger partial charge is 0.485 e. The summed E-state index contributed by atoms with van der Waals surface area (Å²) in [6, 6.07) is 10.0. The van der Waals surface area contributed by atoms with Crippen LogP contribution in [0.1, 0.15) is 32.7 Å². The van der Waals surface area contributed by atoms with Crippen molar-refractivity contribution in [3.8, 4) is 5.75 Å². The summed E-state index contributed by atoms with van der Waals surface area (Å²) in [5.41, 5.74) is 2.17. The van der Waals surface area contributed by atoms with Crippen molar-refractivity contribution in [1.29, 1.82) is 0 Å². The number of ketones is 2. The van der Waals surface area contributed by atoms with E-state index in [0.717, 1.165) is 12.0 Å². The molecule has 0 atom stereocenters. The summed E-state index contributed by atoms with van der Waals surface area (Å²) >= 11 is 11.7. The summed E-state index contributed by atoms with van der Waals surface area (Å²) < 4.78 is 5.49. The van der Waals surface area contributed by atoms with Gasteiger partial charge in [0.05, 0.1) is 10.0 Å². The predicted octanol–water partition coefficient (Wildman–Crippen LogP) is 4.38. The highest BCUT2D eigenvalue weighted by molar-refractivity contribution is 6.42. The van der Waals surface area contributed by atoms with Gasteiger partial charge in [0.2, 0.25) is 0 Å². The fraction of sp³-hybridized carbons (Fsp3) is 0.176. The van der Waals surface area contributed by atoms with Gasteiger partial charge >= 0.3 is 0 Å². The lowest BCUT2D eigenvalue weighted by Gasteiger charge is -2.08. The Hall–Kier alpha value is -1.84. The van der Waals surface area contributed by atoms with Gasteiger partial charge in [0.25, 0.3) is 0 Å². The fourth-order valence-corrected chi connectivity index (χ4v) is 2.71. The van der Waals surface area contributed by atoms with Crippen molar-refractivity contribution < 1.29 is 14.3 Å². The van der Waals surface area contributed by atoms with Crippen LogP contribution in [-0.4, -0.2) is 18.2 Å². The number of benzene rings is 2. The summed E-state index contributed by atoms with van der Waals surface area (Å²) in [5.74, 6) is 0.434. The van der Waals surface area contributed by atoms with Gasteiger partial charge in [-0.1, -0.05) is 29.3 Å². The number of fused-ring (bicyclic) bond motifs is 1. The van der Waals surface area contributed by atoms with E-state index in [9.17, 15) is 9.59 Å². The normalized spacial score (nSPS) is 13.1. The van der Waals surface area contributed by atoms with E-state index in [1.165, 1.54) is 6.07 Å². The van der Waals surface area contributed by atoms with Crippen molar-refractivity contribution in [2.24, 2.45) is 0 Å². The summed E-state index contributed by atoms with van der Waals surface area (Å²) in [6.45, 7) is -0.120. The number of carbonyl (C=O) groups excluding carboxylic acids is 2. The number of Topliss-reactive ketones (excluding diaryl/α,β-unsaturated/α-hetero) is 2. The molecule has 0 unspecified atom stereocenters. The summed E-state index contributed by atoms with van der Waals surface area (Å²) in [7, 11) is 0. The molecule has 1 aliphatic rings. The standard InChI is InChI=1S/C17H12Cl2O3/c18-14-5-2-11(7-15(14)19)17(21)9-22-12-4-1-10-3-6-16(20)13(10)8-12/h1-2,4-5,7-8H,3,6,9H2. The fourth-order valence-electron chi connectivity index (χ4n) is 2.41. The monoisotopic (exact) mass is 334 g/mol.